The van der Waals surface area contributed by atoms with Crippen LogP contribution < -0.4 is 15.2 Å². The van der Waals surface area contributed by atoms with E-state index in [1.165, 1.54) is 18.4 Å². The van der Waals surface area contributed by atoms with Crippen molar-refractivity contribution in [3.8, 4) is 11.5 Å². The van der Waals surface area contributed by atoms with Crippen molar-refractivity contribution in [1.82, 2.24) is 4.90 Å². The Morgan fingerprint density at radius 1 is 1.23 bits per heavy atom. The van der Waals surface area contributed by atoms with Gasteiger partial charge < -0.3 is 15.2 Å². The van der Waals surface area contributed by atoms with Crippen LogP contribution in [0.2, 0.25) is 0 Å². The summed E-state index contributed by atoms with van der Waals surface area (Å²) in [7, 11) is 3.33. The largest absolute Gasteiger partial charge is 0.493 e. The highest BCUT2D eigenvalue weighted by Crippen LogP contribution is 2.34. The SMILES string of the molecule is COc1cc(Br)c(CN2CCC(C(C)N)CC2)cc1OC.Cl. The van der Waals surface area contributed by atoms with Crippen molar-refractivity contribution in [3.05, 3.63) is 22.2 Å². The van der Waals surface area contributed by atoms with E-state index >= 15 is 0 Å². The molecule has 2 N–H and O–H groups in total. The maximum atomic E-state index is 6.00. The molecule has 1 unspecified atom stereocenters. The van der Waals surface area contributed by atoms with Crippen molar-refractivity contribution in [2.75, 3.05) is 27.3 Å². The number of methoxy groups -OCH3 is 2. The van der Waals surface area contributed by atoms with Crippen LogP contribution in [0.25, 0.3) is 0 Å². The van der Waals surface area contributed by atoms with E-state index in [-0.39, 0.29) is 12.4 Å². The highest BCUT2D eigenvalue weighted by molar-refractivity contribution is 9.10. The second-order valence-corrected chi connectivity index (χ2v) is 6.63. The van der Waals surface area contributed by atoms with Gasteiger partial charge in [-0.15, -0.1) is 12.4 Å². The molecule has 0 amide bonds. The summed E-state index contributed by atoms with van der Waals surface area (Å²) < 4.78 is 11.8. The normalized spacial score (nSPS) is 17.7. The molecular weight excluding hydrogens is 368 g/mol. The lowest BCUT2D eigenvalue weighted by atomic mass is 9.91. The first-order chi connectivity index (χ1) is 10.0. The van der Waals surface area contributed by atoms with E-state index in [0.29, 0.717) is 12.0 Å². The summed E-state index contributed by atoms with van der Waals surface area (Å²) in [5.74, 6) is 2.19. The van der Waals surface area contributed by atoms with Crippen molar-refractivity contribution < 1.29 is 9.47 Å². The average Bonchev–Trinajstić information content (AvgIpc) is 2.49. The van der Waals surface area contributed by atoms with Crippen LogP contribution in [-0.2, 0) is 6.54 Å². The fourth-order valence-corrected chi connectivity index (χ4v) is 3.34. The maximum Gasteiger partial charge on any atom is 0.161 e. The third-order valence-electron chi connectivity index (χ3n) is 4.32. The average molecular weight is 394 g/mol. The van der Waals surface area contributed by atoms with Crippen LogP contribution in [0.3, 0.4) is 0 Å². The Bertz CT molecular complexity index is 477. The second kappa shape index (κ2) is 8.96. The van der Waals surface area contributed by atoms with Crippen LogP contribution in [-0.4, -0.2) is 38.3 Å². The van der Waals surface area contributed by atoms with Crippen LogP contribution >= 0.6 is 28.3 Å². The minimum Gasteiger partial charge on any atom is -0.493 e. The lowest BCUT2D eigenvalue weighted by molar-refractivity contribution is 0.165. The molecule has 1 aliphatic heterocycles. The number of halogens is 2. The molecule has 1 saturated heterocycles. The minimum absolute atomic E-state index is 0. The monoisotopic (exact) mass is 392 g/mol. The number of nitrogens with zero attached hydrogens (tertiary/aromatic N) is 1. The molecule has 126 valence electrons. The predicted octanol–water partition coefficient (Wildman–Crippen LogP) is 3.45. The van der Waals surface area contributed by atoms with Gasteiger partial charge in [-0.05, 0) is 56.5 Å². The van der Waals surface area contributed by atoms with E-state index in [1.807, 2.05) is 6.07 Å². The summed E-state index contributed by atoms with van der Waals surface area (Å²) in [6.45, 7) is 5.25. The number of benzene rings is 1. The fourth-order valence-electron chi connectivity index (χ4n) is 2.90. The lowest BCUT2D eigenvalue weighted by Crippen LogP contribution is -2.39. The number of likely N-dealkylation sites (tertiary alicyclic amines) is 1. The highest BCUT2D eigenvalue weighted by Gasteiger charge is 2.22. The van der Waals surface area contributed by atoms with E-state index in [1.54, 1.807) is 14.2 Å². The standard InChI is InChI=1S/C16H25BrN2O2.ClH/c1-11(18)12-4-6-19(7-5-12)10-13-8-15(20-2)16(21-3)9-14(13)17;/h8-9,11-12H,4-7,10,18H2,1-3H3;1H. The molecule has 0 saturated carbocycles. The Morgan fingerprint density at radius 2 is 1.77 bits per heavy atom. The third-order valence-corrected chi connectivity index (χ3v) is 5.06. The van der Waals surface area contributed by atoms with Crippen LogP contribution in [0.1, 0.15) is 25.3 Å². The zero-order chi connectivity index (χ0) is 15.4. The molecule has 1 aliphatic rings. The first kappa shape index (κ1) is 19.6. The Hall–Kier alpha value is -0.490. The summed E-state index contributed by atoms with van der Waals surface area (Å²) >= 11 is 3.63. The van der Waals surface area contributed by atoms with Crippen LogP contribution in [0.15, 0.2) is 16.6 Å². The van der Waals surface area contributed by atoms with Gasteiger partial charge in [0.05, 0.1) is 14.2 Å². The summed E-state index contributed by atoms with van der Waals surface area (Å²) in [4.78, 5) is 2.48. The molecule has 0 radical (unpaired) electrons. The molecule has 4 nitrogen and oxygen atoms in total. The van der Waals surface area contributed by atoms with Gasteiger partial charge in [0.25, 0.3) is 0 Å². The number of hydrogen-bond acceptors (Lipinski definition) is 4. The van der Waals surface area contributed by atoms with Crippen LogP contribution in [0, 0.1) is 5.92 Å². The van der Waals surface area contributed by atoms with Gasteiger partial charge in [-0.1, -0.05) is 15.9 Å². The zero-order valence-corrected chi connectivity index (χ0v) is 15.9. The molecule has 0 aromatic heterocycles. The molecule has 22 heavy (non-hydrogen) atoms. The van der Waals surface area contributed by atoms with Crippen molar-refractivity contribution in [2.45, 2.75) is 32.4 Å². The third kappa shape index (κ3) is 4.75. The number of ether oxygens (including phenoxy) is 2. The molecule has 1 aromatic carbocycles. The van der Waals surface area contributed by atoms with E-state index in [2.05, 4.69) is 33.8 Å². The van der Waals surface area contributed by atoms with Gasteiger partial charge in [-0.3, -0.25) is 4.90 Å². The molecule has 1 aromatic rings. The van der Waals surface area contributed by atoms with Gasteiger partial charge in [-0.25, -0.2) is 0 Å². The summed E-state index contributed by atoms with van der Waals surface area (Å²) in [5.41, 5.74) is 7.23. The predicted molar refractivity (Wildman–Crippen MR) is 96.1 cm³/mol. The van der Waals surface area contributed by atoms with Crippen LogP contribution in [0.4, 0.5) is 0 Å². The lowest BCUT2D eigenvalue weighted by Gasteiger charge is -2.34. The molecule has 0 bridgehead atoms. The molecule has 1 heterocycles. The van der Waals surface area contributed by atoms with Gasteiger partial charge in [0.1, 0.15) is 0 Å². The van der Waals surface area contributed by atoms with E-state index in [9.17, 15) is 0 Å². The maximum absolute atomic E-state index is 6.00. The van der Waals surface area contributed by atoms with E-state index in [0.717, 1.165) is 35.6 Å². The summed E-state index contributed by atoms with van der Waals surface area (Å²) in [5, 5.41) is 0. The van der Waals surface area contributed by atoms with Crippen molar-refractivity contribution >= 4 is 28.3 Å². The minimum atomic E-state index is 0. The second-order valence-electron chi connectivity index (χ2n) is 5.77. The molecule has 0 spiro atoms. The van der Waals surface area contributed by atoms with Gasteiger partial charge >= 0.3 is 0 Å². The Balaban J connectivity index is 0.00000242. The summed E-state index contributed by atoms with van der Waals surface area (Å²) in [6, 6.07) is 4.34. The van der Waals surface area contributed by atoms with Crippen molar-refractivity contribution in [3.63, 3.8) is 0 Å². The van der Waals surface area contributed by atoms with Crippen LogP contribution in [0.5, 0.6) is 11.5 Å². The fraction of sp³-hybridized carbons (Fsp3) is 0.625. The first-order valence-corrected chi connectivity index (χ1v) is 8.22. The molecule has 1 fully saturated rings. The molecule has 6 heteroatoms. The van der Waals surface area contributed by atoms with E-state index < -0.39 is 0 Å². The Kier molecular flexibility index (Phi) is 7.97. The van der Waals surface area contributed by atoms with Crippen molar-refractivity contribution in [2.24, 2.45) is 11.7 Å². The molecule has 1 atom stereocenters. The van der Waals surface area contributed by atoms with Gasteiger partial charge in [0.15, 0.2) is 11.5 Å². The summed E-state index contributed by atoms with van der Waals surface area (Å²) in [6.07, 6.45) is 2.37. The zero-order valence-electron chi connectivity index (χ0n) is 13.5. The molecular formula is C16H26BrClN2O2. The molecule has 2 rings (SSSR count). The van der Waals surface area contributed by atoms with Gasteiger partial charge in [0.2, 0.25) is 0 Å². The first-order valence-electron chi connectivity index (χ1n) is 7.43. The smallest absolute Gasteiger partial charge is 0.161 e. The van der Waals surface area contributed by atoms with Gasteiger partial charge in [0, 0.05) is 17.1 Å². The highest BCUT2D eigenvalue weighted by atomic mass is 79.9. The topological polar surface area (TPSA) is 47.7 Å². The Labute approximate surface area is 147 Å². The quantitative estimate of drug-likeness (QED) is 0.832. The number of piperidine rings is 1. The number of rotatable bonds is 5. The molecule has 0 aliphatic carbocycles. The Morgan fingerprint density at radius 3 is 2.27 bits per heavy atom. The van der Waals surface area contributed by atoms with Crippen molar-refractivity contribution in [1.29, 1.82) is 0 Å². The number of hydrogen-bond donors (Lipinski definition) is 1. The van der Waals surface area contributed by atoms with Gasteiger partial charge in [-0.2, -0.15) is 0 Å². The number of nitrogens with two attached hydrogens (primary N) is 1. The van der Waals surface area contributed by atoms with E-state index in [4.69, 9.17) is 15.2 Å².